The Morgan fingerprint density at radius 3 is 2.88 bits per heavy atom. The number of hydrogen-bond donors (Lipinski definition) is 1. The van der Waals surface area contributed by atoms with Crippen LogP contribution < -0.4 is 5.32 Å². The molecule has 2 amide bonds. The van der Waals surface area contributed by atoms with Crippen LogP contribution in [0.4, 0.5) is 4.79 Å². The number of furan rings is 1. The molecule has 2 aromatic heterocycles. The number of aromatic nitrogens is 1. The van der Waals surface area contributed by atoms with E-state index in [0.717, 1.165) is 41.4 Å². The molecule has 0 aromatic carbocycles. The molecule has 3 rings (SSSR count). The lowest BCUT2D eigenvalue weighted by molar-refractivity contribution is -0.0263. The Morgan fingerprint density at radius 1 is 1.36 bits per heavy atom. The Kier molecular flexibility index (Phi) is 5.43. The smallest absolute Gasteiger partial charge is 0.317 e. The minimum atomic E-state index is -0.199. The Morgan fingerprint density at radius 2 is 2.20 bits per heavy atom. The summed E-state index contributed by atoms with van der Waals surface area (Å²) in [7, 11) is 0. The van der Waals surface area contributed by atoms with Crippen molar-refractivity contribution < 1.29 is 18.5 Å². The molecule has 7 heteroatoms. The summed E-state index contributed by atoms with van der Waals surface area (Å²) in [5.41, 5.74) is 2.06. The van der Waals surface area contributed by atoms with Gasteiger partial charge in [-0.1, -0.05) is 5.16 Å². The van der Waals surface area contributed by atoms with Crippen LogP contribution in [0.5, 0.6) is 0 Å². The topological polar surface area (TPSA) is 80.7 Å². The summed E-state index contributed by atoms with van der Waals surface area (Å²) in [5, 5.41) is 6.93. The molecule has 1 atom stereocenters. The summed E-state index contributed by atoms with van der Waals surface area (Å²) in [5.74, 6) is 2.47. The van der Waals surface area contributed by atoms with Gasteiger partial charge in [-0.15, -0.1) is 0 Å². The number of ether oxygens (including phenoxy) is 1. The number of carbonyl (C=O) groups excluding carboxylic acids is 1. The molecule has 136 valence electrons. The molecule has 7 nitrogen and oxygen atoms in total. The van der Waals surface area contributed by atoms with Crippen molar-refractivity contribution in [2.45, 2.75) is 39.7 Å². The molecule has 0 bridgehead atoms. The number of amides is 2. The zero-order chi connectivity index (χ0) is 17.8. The molecule has 1 saturated heterocycles. The van der Waals surface area contributed by atoms with Gasteiger partial charge in [-0.25, -0.2) is 4.79 Å². The third-order valence-corrected chi connectivity index (χ3v) is 4.49. The predicted octanol–water partition coefficient (Wildman–Crippen LogP) is 2.91. The number of carbonyl (C=O) groups is 1. The summed E-state index contributed by atoms with van der Waals surface area (Å²) >= 11 is 0. The second-order valence-electron chi connectivity index (χ2n) is 6.39. The predicted molar refractivity (Wildman–Crippen MR) is 91.4 cm³/mol. The molecule has 1 fully saturated rings. The van der Waals surface area contributed by atoms with Gasteiger partial charge in [0.25, 0.3) is 0 Å². The van der Waals surface area contributed by atoms with Crippen LogP contribution in [0.2, 0.25) is 0 Å². The highest BCUT2D eigenvalue weighted by Gasteiger charge is 2.27. The SMILES string of the molecule is Cc1ccc([C@H]2CN(C(=O)NCCCc3c(C)noc3C)CCO2)o1. The van der Waals surface area contributed by atoms with E-state index < -0.39 is 0 Å². The van der Waals surface area contributed by atoms with Gasteiger partial charge in [0.05, 0.1) is 18.8 Å². The number of aryl methyl sites for hydroxylation is 3. The van der Waals surface area contributed by atoms with Crippen LogP contribution in [0.15, 0.2) is 21.1 Å². The molecule has 3 heterocycles. The van der Waals surface area contributed by atoms with Crippen molar-refractivity contribution in [1.29, 1.82) is 0 Å². The number of hydrogen-bond acceptors (Lipinski definition) is 5. The molecule has 0 radical (unpaired) electrons. The van der Waals surface area contributed by atoms with Crippen LogP contribution in [0.25, 0.3) is 0 Å². The van der Waals surface area contributed by atoms with Crippen LogP contribution in [-0.4, -0.2) is 42.3 Å². The van der Waals surface area contributed by atoms with E-state index in [0.29, 0.717) is 26.2 Å². The molecule has 1 aliphatic rings. The number of urea groups is 1. The van der Waals surface area contributed by atoms with Crippen molar-refractivity contribution in [2.75, 3.05) is 26.2 Å². The van der Waals surface area contributed by atoms with E-state index in [1.54, 1.807) is 4.90 Å². The van der Waals surface area contributed by atoms with Crippen molar-refractivity contribution in [1.82, 2.24) is 15.4 Å². The Balaban J connectivity index is 1.45. The van der Waals surface area contributed by atoms with Crippen LogP contribution in [0, 0.1) is 20.8 Å². The first kappa shape index (κ1) is 17.5. The standard InChI is InChI=1S/C18H25N3O4/c1-12-6-7-16(24-12)17-11-21(9-10-23-17)18(22)19-8-4-5-15-13(2)20-25-14(15)3/h6-7,17H,4-5,8-11H2,1-3H3,(H,19,22)/t17-/m1/s1. The molecule has 0 spiro atoms. The van der Waals surface area contributed by atoms with Crippen molar-refractivity contribution in [3.8, 4) is 0 Å². The van der Waals surface area contributed by atoms with Crippen LogP contribution in [0.3, 0.4) is 0 Å². The summed E-state index contributed by atoms with van der Waals surface area (Å²) < 4.78 is 16.5. The van der Waals surface area contributed by atoms with Gasteiger partial charge >= 0.3 is 6.03 Å². The first-order chi connectivity index (χ1) is 12.0. The van der Waals surface area contributed by atoms with Crippen LogP contribution >= 0.6 is 0 Å². The number of morpholine rings is 1. The van der Waals surface area contributed by atoms with E-state index in [9.17, 15) is 4.79 Å². The highest BCUT2D eigenvalue weighted by atomic mass is 16.5. The quantitative estimate of drug-likeness (QED) is 0.841. The summed E-state index contributed by atoms with van der Waals surface area (Å²) in [4.78, 5) is 14.2. The molecular weight excluding hydrogens is 322 g/mol. The minimum Gasteiger partial charge on any atom is -0.464 e. The van der Waals surface area contributed by atoms with Gasteiger partial charge in [-0.3, -0.25) is 0 Å². The lowest BCUT2D eigenvalue weighted by Gasteiger charge is -2.32. The van der Waals surface area contributed by atoms with Crippen LogP contribution in [0.1, 0.15) is 41.1 Å². The normalized spacial score (nSPS) is 17.7. The van der Waals surface area contributed by atoms with Gasteiger partial charge in [0.1, 0.15) is 23.4 Å². The summed E-state index contributed by atoms with van der Waals surface area (Å²) in [6, 6.07) is 3.76. The van der Waals surface area contributed by atoms with Gasteiger partial charge in [-0.05, 0) is 45.7 Å². The number of nitrogens with one attached hydrogen (secondary N) is 1. The fourth-order valence-corrected chi connectivity index (χ4v) is 3.06. The maximum Gasteiger partial charge on any atom is 0.317 e. The fraction of sp³-hybridized carbons (Fsp3) is 0.556. The van der Waals surface area contributed by atoms with Gasteiger partial charge in [0.15, 0.2) is 0 Å². The zero-order valence-corrected chi connectivity index (χ0v) is 15.0. The second-order valence-corrected chi connectivity index (χ2v) is 6.39. The molecule has 0 aliphatic carbocycles. The van der Waals surface area contributed by atoms with Gasteiger partial charge < -0.3 is 23.9 Å². The van der Waals surface area contributed by atoms with Crippen molar-refractivity contribution in [3.63, 3.8) is 0 Å². The van der Waals surface area contributed by atoms with Gasteiger partial charge in [0, 0.05) is 18.7 Å². The number of nitrogens with zero attached hydrogens (tertiary/aromatic N) is 2. The van der Waals surface area contributed by atoms with Gasteiger partial charge in [0.2, 0.25) is 0 Å². The summed E-state index contributed by atoms with van der Waals surface area (Å²) in [6.07, 6.45) is 1.49. The molecule has 1 N–H and O–H groups in total. The van der Waals surface area contributed by atoms with E-state index >= 15 is 0 Å². The van der Waals surface area contributed by atoms with Gasteiger partial charge in [-0.2, -0.15) is 0 Å². The second kappa shape index (κ2) is 7.74. The molecule has 2 aromatic rings. The molecular formula is C18H25N3O4. The molecule has 0 unspecified atom stereocenters. The lowest BCUT2D eigenvalue weighted by Crippen LogP contribution is -2.47. The van der Waals surface area contributed by atoms with E-state index in [2.05, 4.69) is 10.5 Å². The Hall–Kier alpha value is -2.28. The van der Waals surface area contributed by atoms with Crippen molar-refractivity contribution >= 4 is 6.03 Å². The van der Waals surface area contributed by atoms with E-state index in [1.807, 2.05) is 32.9 Å². The average Bonchev–Trinajstić information content (AvgIpc) is 3.18. The fourth-order valence-electron chi connectivity index (χ4n) is 3.06. The first-order valence-corrected chi connectivity index (χ1v) is 8.67. The average molecular weight is 347 g/mol. The monoisotopic (exact) mass is 347 g/mol. The van der Waals surface area contributed by atoms with Crippen LogP contribution in [-0.2, 0) is 11.2 Å². The van der Waals surface area contributed by atoms with E-state index in [-0.39, 0.29) is 12.1 Å². The lowest BCUT2D eigenvalue weighted by atomic mass is 10.1. The minimum absolute atomic E-state index is 0.0599. The Bertz CT molecular complexity index is 702. The Labute approximate surface area is 147 Å². The first-order valence-electron chi connectivity index (χ1n) is 8.67. The maximum absolute atomic E-state index is 12.4. The van der Waals surface area contributed by atoms with E-state index in [1.165, 1.54) is 0 Å². The third kappa shape index (κ3) is 4.22. The van der Waals surface area contributed by atoms with Crippen molar-refractivity contribution in [2.24, 2.45) is 0 Å². The summed E-state index contributed by atoms with van der Waals surface area (Å²) in [6.45, 7) is 7.97. The highest BCUT2D eigenvalue weighted by Crippen LogP contribution is 2.24. The molecule has 25 heavy (non-hydrogen) atoms. The largest absolute Gasteiger partial charge is 0.464 e. The molecule has 0 saturated carbocycles. The zero-order valence-electron chi connectivity index (χ0n) is 15.0. The highest BCUT2D eigenvalue weighted by molar-refractivity contribution is 5.74. The van der Waals surface area contributed by atoms with Crippen molar-refractivity contribution in [3.05, 3.63) is 40.7 Å². The number of rotatable bonds is 5. The van der Waals surface area contributed by atoms with E-state index in [4.69, 9.17) is 13.7 Å². The maximum atomic E-state index is 12.4. The third-order valence-electron chi connectivity index (χ3n) is 4.49. The molecule has 1 aliphatic heterocycles.